The van der Waals surface area contributed by atoms with Gasteiger partial charge < -0.3 is 0 Å². The minimum Gasteiger partial charge on any atom is -0.200 e. The fourth-order valence-corrected chi connectivity index (χ4v) is 4.33. The Balaban J connectivity index is 1.82. The normalized spacial score (nSPS) is 13.0. The number of nitrogens with one attached hydrogen (secondary N) is 1. The third-order valence-corrected chi connectivity index (χ3v) is 5.83. The fraction of sp³-hybridized carbons (Fsp3) is 0. The van der Waals surface area contributed by atoms with E-state index in [2.05, 4.69) is 9.93 Å². The van der Waals surface area contributed by atoms with Crippen LogP contribution in [0.2, 0.25) is 0 Å². The van der Waals surface area contributed by atoms with Crippen LogP contribution in [0.3, 0.4) is 0 Å². The molecule has 1 aliphatic rings. The van der Waals surface area contributed by atoms with Crippen LogP contribution in [-0.2, 0) is 10.0 Å². The Kier molecular flexibility index (Phi) is 3.66. The first kappa shape index (κ1) is 15.0. The number of nitrogens with zero attached hydrogens (tertiary/aromatic N) is 2. The maximum Gasteiger partial charge on any atom is 0.276 e. The van der Waals surface area contributed by atoms with E-state index in [1.54, 1.807) is 48.3 Å². The minimum atomic E-state index is -3.71. The quantitative estimate of drug-likeness (QED) is 0.780. The smallest absolute Gasteiger partial charge is 0.200 e. The third kappa shape index (κ3) is 2.61. The van der Waals surface area contributed by atoms with Crippen molar-refractivity contribution in [1.29, 1.82) is 0 Å². The molecule has 1 aliphatic heterocycles. The van der Waals surface area contributed by atoms with Crippen LogP contribution in [0.5, 0.6) is 0 Å². The van der Waals surface area contributed by atoms with Gasteiger partial charge in [-0.1, -0.05) is 48.2 Å². The molecule has 0 bridgehead atoms. The molecule has 0 aliphatic carbocycles. The SMILES string of the molecule is O=S(=O)(Nn1ncc2c1-c1ccccc1SC=C2)c1ccccc1. The molecule has 0 amide bonds. The van der Waals surface area contributed by atoms with Crippen LogP contribution >= 0.6 is 11.8 Å². The molecule has 120 valence electrons. The average Bonchev–Trinajstić information content (AvgIpc) is 2.88. The number of thioether (sulfide) groups is 1. The Morgan fingerprint density at radius 3 is 2.58 bits per heavy atom. The van der Waals surface area contributed by atoms with Gasteiger partial charge in [-0.05, 0) is 29.7 Å². The molecule has 0 radical (unpaired) electrons. The number of hydrogen-bond acceptors (Lipinski definition) is 4. The van der Waals surface area contributed by atoms with Crippen molar-refractivity contribution in [3.8, 4) is 11.3 Å². The summed E-state index contributed by atoms with van der Waals surface area (Å²) in [5.41, 5.74) is 2.53. The molecule has 4 rings (SSSR count). The van der Waals surface area contributed by atoms with Gasteiger partial charge in [-0.25, -0.2) is 0 Å². The van der Waals surface area contributed by atoms with E-state index >= 15 is 0 Å². The van der Waals surface area contributed by atoms with E-state index in [1.165, 1.54) is 4.79 Å². The zero-order valence-corrected chi connectivity index (χ0v) is 14.1. The van der Waals surface area contributed by atoms with Crippen LogP contribution in [0.25, 0.3) is 17.3 Å². The van der Waals surface area contributed by atoms with E-state index in [0.717, 1.165) is 21.7 Å². The van der Waals surface area contributed by atoms with Gasteiger partial charge in [0.2, 0.25) is 0 Å². The molecule has 3 aromatic rings. The predicted octanol–water partition coefficient (Wildman–Crippen LogP) is 3.56. The lowest BCUT2D eigenvalue weighted by Crippen LogP contribution is -2.25. The lowest BCUT2D eigenvalue weighted by atomic mass is 10.1. The van der Waals surface area contributed by atoms with Crippen LogP contribution in [0.1, 0.15) is 5.56 Å². The molecule has 7 heteroatoms. The molecule has 0 saturated heterocycles. The second-order valence-corrected chi connectivity index (χ2v) is 7.79. The Morgan fingerprint density at radius 2 is 1.75 bits per heavy atom. The summed E-state index contributed by atoms with van der Waals surface area (Å²) in [6.07, 6.45) is 3.59. The largest absolute Gasteiger partial charge is 0.276 e. The van der Waals surface area contributed by atoms with Gasteiger partial charge in [0.1, 0.15) is 5.69 Å². The van der Waals surface area contributed by atoms with Crippen molar-refractivity contribution in [2.45, 2.75) is 9.79 Å². The van der Waals surface area contributed by atoms with Crippen molar-refractivity contribution in [2.75, 3.05) is 4.83 Å². The highest BCUT2D eigenvalue weighted by Crippen LogP contribution is 2.37. The fourth-order valence-electron chi connectivity index (χ4n) is 2.53. The number of sulfonamides is 1. The summed E-state index contributed by atoms with van der Waals surface area (Å²) in [7, 11) is -3.71. The van der Waals surface area contributed by atoms with Gasteiger partial charge in [-0.2, -0.15) is 23.1 Å². The van der Waals surface area contributed by atoms with Gasteiger partial charge in [0.05, 0.1) is 11.1 Å². The molecule has 1 N–H and O–H groups in total. The highest BCUT2D eigenvalue weighted by atomic mass is 32.2. The molecule has 0 fully saturated rings. The number of aromatic nitrogens is 2. The maximum atomic E-state index is 12.6. The first-order chi connectivity index (χ1) is 11.6. The van der Waals surface area contributed by atoms with Crippen molar-refractivity contribution in [3.63, 3.8) is 0 Å². The van der Waals surface area contributed by atoms with Gasteiger partial charge in [0.25, 0.3) is 10.0 Å². The zero-order valence-electron chi connectivity index (χ0n) is 12.5. The Morgan fingerprint density at radius 1 is 1.00 bits per heavy atom. The van der Waals surface area contributed by atoms with Gasteiger partial charge in [-0.15, -0.1) is 0 Å². The second-order valence-electron chi connectivity index (χ2n) is 5.18. The topological polar surface area (TPSA) is 64.0 Å². The summed E-state index contributed by atoms with van der Waals surface area (Å²) < 4.78 is 25.2. The van der Waals surface area contributed by atoms with E-state index in [4.69, 9.17) is 0 Å². The molecular weight excluding hydrogens is 342 g/mol. The lowest BCUT2D eigenvalue weighted by Gasteiger charge is -2.13. The summed E-state index contributed by atoms with van der Waals surface area (Å²) in [6, 6.07) is 16.1. The van der Waals surface area contributed by atoms with E-state index in [-0.39, 0.29) is 4.90 Å². The van der Waals surface area contributed by atoms with E-state index < -0.39 is 10.0 Å². The molecule has 0 spiro atoms. The molecule has 0 saturated carbocycles. The number of benzene rings is 2. The summed E-state index contributed by atoms with van der Waals surface area (Å²) in [5, 5.41) is 6.19. The van der Waals surface area contributed by atoms with Gasteiger partial charge in [-0.3, -0.25) is 0 Å². The average molecular weight is 355 g/mol. The third-order valence-electron chi connectivity index (χ3n) is 3.64. The zero-order chi connectivity index (χ0) is 16.6. The van der Waals surface area contributed by atoms with Crippen molar-refractivity contribution < 1.29 is 8.42 Å². The standard InChI is InChI=1S/C17H13N3O2S2/c21-24(22,14-6-2-1-3-7-14)19-20-17-13(12-18-20)10-11-23-16-9-5-4-8-15(16)17/h1-12,19H. The van der Waals surface area contributed by atoms with Crippen LogP contribution < -0.4 is 4.83 Å². The first-order valence-electron chi connectivity index (χ1n) is 7.24. The molecule has 1 aromatic heterocycles. The summed E-state index contributed by atoms with van der Waals surface area (Å²) >= 11 is 1.59. The molecule has 2 heterocycles. The first-order valence-corrected chi connectivity index (χ1v) is 9.60. The van der Waals surface area contributed by atoms with Crippen molar-refractivity contribution in [3.05, 3.63) is 71.8 Å². The van der Waals surface area contributed by atoms with Gasteiger partial charge >= 0.3 is 0 Å². The highest BCUT2D eigenvalue weighted by Gasteiger charge is 2.21. The minimum absolute atomic E-state index is 0.195. The van der Waals surface area contributed by atoms with E-state index in [0.29, 0.717) is 0 Å². The summed E-state index contributed by atoms with van der Waals surface area (Å²) in [5.74, 6) is 0. The summed E-state index contributed by atoms with van der Waals surface area (Å²) in [6.45, 7) is 0. The predicted molar refractivity (Wildman–Crippen MR) is 95.5 cm³/mol. The van der Waals surface area contributed by atoms with Crippen molar-refractivity contribution >= 4 is 27.9 Å². The van der Waals surface area contributed by atoms with E-state index in [9.17, 15) is 8.42 Å². The van der Waals surface area contributed by atoms with Crippen molar-refractivity contribution in [2.24, 2.45) is 0 Å². The van der Waals surface area contributed by atoms with Crippen LogP contribution in [0, 0.1) is 0 Å². The number of rotatable bonds is 3. The molecule has 5 nitrogen and oxygen atoms in total. The Bertz CT molecular complexity index is 1020. The van der Waals surface area contributed by atoms with E-state index in [1.807, 2.05) is 35.7 Å². The maximum absolute atomic E-state index is 12.6. The number of hydrogen-bond donors (Lipinski definition) is 1. The van der Waals surface area contributed by atoms with Crippen LogP contribution in [0.4, 0.5) is 0 Å². The van der Waals surface area contributed by atoms with Crippen molar-refractivity contribution in [1.82, 2.24) is 9.89 Å². The lowest BCUT2D eigenvalue weighted by molar-refractivity contribution is 0.592. The van der Waals surface area contributed by atoms with Crippen LogP contribution in [0.15, 0.2) is 76.0 Å². The summed E-state index contributed by atoms with van der Waals surface area (Å²) in [4.78, 5) is 5.12. The molecule has 2 aromatic carbocycles. The molecule has 0 atom stereocenters. The Hall–Kier alpha value is -2.51. The van der Waals surface area contributed by atoms with Gasteiger partial charge in [0, 0.05) is 16.0 Å². The monoisotopic (exact) mass is 355 g/mol. The van der Waals surface area contributed by atoms with Crippen LogP contribution in [-0.4, -0.2) is 18.3 Å². The molecule has 24 heavy (non-hydrogen) atoms. The Labute approximate surface area is 144 Å². The molecular formula is C17H13N3O2S2. The second kappa shape index (κ2) is 5.85. The molecule has 0 unspecified atom stereocenters. The number of fused-ring (bicyclic) bond motifs is 3. The van der Waals surface area contributed by atoms with Gasteiger partial charge in [0.15, 0.2) is 0 Å². The highest BCUT2D eigenvalue weighted by molar-refractivity contribution is 8.02.